The number of carbonyl (C=O) groups excluding carboxylic acids is 4. The van der Waals surface area contributed by atoms with E-state index < -0.39 is 97.5 Å². The van der Waals surface area contributed by atoms with Crippen molar-refractivity contribution in [2.45, 2.75) is 290 Å². The molecule has 98 heavy (non-hydrogen) atoms. The lowest BCUT2D eigenvalue weighted by Gasteiger charge is -2.21. The quantitative estimate of drug-likeness (QED) is 0.0169. The molecule has 0 saturated heterocycles. The summed E-state index contributed by atoms with van der Waals surface area (Å²) in [6.45, 7) is 4.33. The van der Waals surface area contributed by atoms with E-state index >= 15 is 0 Å². The monoisotopic (exact) mass is 1410 g/mol. The van der Waals surface area contributed by atoms with Crippen LogP contribution in [-0.2, 0) is 65.4 Å². The van der Waals surface area contributed by atoms with Gasteiger partial charge >= 0.3 is 39.5 Å². The van der Waals surface area contributed by atoms with Crippen molar-refractivity contribution in [3.63, 3.8) is 0 Å². The first-order valence-corrected chi connectivity index (χ1v) is 40.1. The zero-order valence-electron chi connectivity index (χ0n) is 60.7. The molecule has 0 heterocycles. The van der Waals surface area contributed by atoms with Crippen molar-refractivity contribution in [3.8, 4) is 0 Å². The van der Waals surface area contributed by atoms with Gasteiger partial charge in [0, 0.05) is 19.3 Å². The first-order valence-electron chi connectivity index (χ1n) is 37.1. The molecule has 0 radical (unpaired) electrons. The molecule has 3 N–H and O–H groups in total. The third kappa shape index (κ3) is 69.4. The van der Waals surface area contributed by atoms with Gasteiger partial charge in [-0.05, 0) is 141 Å². The molecular formula is C79H130O17P2. The van der Waals surface area contributed by atoms with Crippen LogP contribution in [0.5, 0.6) is 0 Å². The van der Waals surface area contributed by atoms with Crippen molar-refractivity contribution < 1.29 is 80.2 Å². The molecule has 0 bridgehead atoms. The van der Waals surface area contributed by atoms with Gasteiger partial charge in [0.05, 0.1) is 32.8 Å². The van der Waals surface area contributed by atoms with E-state index in [1.54, 1.807) is 6.08 Å². The molecule has 0 saturated carbocycles. The number of allylic oxidation sites excluding steroid dienone is 23. The molecule has 0 rings (SSSR count). The predicted molar refractivity (Wildman–Crippen MR) is 399 cm³/mol. The molecule has 17 nitrogen and oxygen atoms in total. The Balaban J connectivity index is 5.45. The molecule has 5 unspecified atom stereocenters. The van der Waals surface area contributed by atoms with E-state index in [-0.39, 0.29) is 25.7 Å². The van der Waals surface area contributed by atoms with Crippen LogP contribution < -0.4 is 0 Å². The van der Waals surface area contributed by atoms with Gasteiger partial charge in [0.1, 0.15) is 19.3 Å². The van der Waals surface area contributed by atoms with Crippen molar-refractivity contribution in [1.82, 2.24) is 0 Å². The number of phosphoric acid groups is 2. The molecule has 0 aliphatic heterocycles. The predicted octanol–water partition coefficient (Wildman–Crippen LogP) is 21.1. The van der Waals surface area contributed by atoms with E-state index in [9.17, 15) is 43.2 Å². The number of hydrogen-bond donors (Lipinski definition) is 3. The molecule has 0 fully saturated rings. The standard InChI is InChI=1S/C79H130O17P2/c1-5-9-13-17-21-25-29-33-36-40-43-47-51-55-59-63-76(81)89-69-74(95-78(83)65-61-57-53-49-45-39-32-28-24-20-16-12-8-4)71-93-97(85,86)91-67-73(80)68-92-98(87,88)94-72-75(96-79(84)66-62-58-54-50-46-42-38-35-31-27-23-19-15-11-7-3)70-90-77(82)64-60-56-52-48-44-41-37-34-30-26-22-18-14-10-6-2/h9-11,13-15,21-23,25-28,32-38,43,47,55,59,73-75,80H,5-8,12,16-20,24,29-31,39-42,44-46,48-54,56-58,60-72H2,1-4H3,(H,85,86)(H,87,88)/b13-9-,14-10-,15-11-,25-21-,26-22-,27-23-,32-28-,36-33-,37-34-,38-35-,47-43-,59-55-. The van der Waals surface area contributed by atoms with Gasteiger partial charge in [-0.1, -0.05) is 251 Å². The van der Waals surface area contributed by atoms with Crippen LogP contribution in [0, 0.1) is 0 Å². The lowest BCUT2D eigenvalue weighted by Crippen LogP contribution is -2.30. The summed E-state index contributed by atoms with van der Waals surface area (Å²) < 4.78 is 68.2. The Kier molecular flexibility index (Phi) is 66.7. The minimum Gasteiger partial charge on any atom is -0.462 e. The average molecular weight is 1410 g/mol. The van der Waals surface area contributed by atoms with Gasteiger partial charge in [-0.15, -0.1) is 0 Å². The van der Waals surface area contributed by atoms with Crippen LogP contribution in [0.4, 0.5) is 0 Å². The van der Waals surface area contributed by atoms with Gasteiger partial charge < -0.3 is 33.8 Å². The second kappa shape index (κ2) is 70.4. The lowest BCUT2D eigenvalue weighted by atomic mass is 10.1. The van der Waals surface area contributed by atoms with Crippen LogP contribution in [0.25, 0.3) is 0 Å². The topological polar surface area (TPSA) is 237 Å². The normalized spacial score (nSPS) is 14.8. The van der Waals surface area contributed by atoms with Gasteiger partial charge in [-0.2, -0.15) is 0 Å². The molecule has 0 aromatic heterocycles. The highest BCUT2D eigenvalue weighted by atomic mass is 31.2. The van der Waals surface area contributed by atoms with Crippen molar-refractivity contribution in [2.75, 3.05) is 39.6 Å². The molecule has 0 aliphatic carbocycles. The average Bonchev–Trinajstić information content (AvgIpc) is 0.959. The first kappa shape index (κ1) is 92.9. The van der Waals surface area contributed by atoms with Crippen molar-refractivity contribution in [1.29, 1.82) is 0 Å². The van der Waals surface area contributed by atoms with Crippen LogP contribution in [0.3, 0.4) is 0 Å². The molecular weight excluding hydrogens is 1280 g/mol. The van der Waals surface area contributed by atoms with Crippen LogP contribution in [0.2, 0.25) is 0 Å². The molecule has 0 amide bonds. The minimum atomic E-state index is -5.00. The maximum atomic E-state index is 13.1. The number of carbonyl (C=O) groups is 4. The van der Waals surface area contributed by atoms with E-state index in [4.69, 9.17) is 37.0 Å². The number of rotatable bonds is 68. The van der Waals surface area contributed by atoms with Crippen LogP contribution in [0.1, 0.15) is 272 Å². The zero-order valence-corrected chi connectivity index (χ0v) is 62.4. The molecule has 0 aliphatic rings. The maximum Gasteiger partial charge on any atom is 0.472 e. The van der Waals surface area contributed by atoms with Gasteiger partial charge in [0.2, 0.25) is 0 Å². The van der Waals surface area contributed by atoms with E-state index in [1.807, 2.05) is 18.2 Å². The summed E-state index contributed by atoms with van der Waals surface area (Å²) in [7, 11) is -9.99. The number of aliphatic hydroxyl groups is 1. The van der Waals surface area contributed by atoms with Crippen molar-refractivity contribution in [3.05, 3.63) is 146 Å². The first-order chi connectivity index (χ1) is 47.7. The third-order valence-corrected chi connectivity index (χ3v) is 16.7. The molecule has 0 aromatic rings. The van der Waals surface area contributed by atoms with Gasteiger partial charge in [-0.25, -0.2) is 9.13 Å². The third-order valence-electron chi connectivity index (χ3n) is 14.8. The highest BCUT2D eigenvalue weighted by Gasteiger charge is 2.30. The number of hydrogen-bond acceptors (Lipinski definition) is 15. The molecule has 0 spiro atoms. The summed E-state index contributed by atoms with van der Waals surface area (Å²) in [5.41, 5.74) is 0. The van der Waals surface area contributed by atoms with Crippen LogP contribution >= 0.6 is 15.6 Å². The van der Waals surface area contributed by atoms with Gasteiger partial charge in [0.25, 0.3) is 0 Å². The van der Waals surface area contributed by atoms with E-state index in [0.29, 0.717) is 25.7 Å². The fourth-order valence-electron chi connectivity index (χ4n) is 9.26. The maximum absolute atomic E-state index is 13.1. The van der Waals surface area contributed by atoms with E-state index in [1.165, 1.54) is 25.7 Å². The number of aliphatic hydroxyl groups excluding tert-OH is 1. The number of phosphoric ester groups is 2. The van der Waals surface area contributed by atoms with Crippen molar-refractivity contribution in [2.24, 2.45) is 0 Å². The summed E-state index contributed by atoms with van der Waals surface area (Å²) in [6, 6.07) is 0. The second-order valence-corrected chi connectivity index (χ2v) is 27.0. The SMILES string of the molecule is CC/C=C\C/C=C\C/C=C\C/C=C\C/C=C\CC(=O)OCC(COP(=O)(O)OCC(O)COP(=O)(O)OCC(COC(=O)CCCCCCC/C=C\C/C=C\C/C=C\CC)OC(=O)CCCCCCC/C=C\C/C=C\C/C=C\CC)OC(=O)CCCCCCC/C=C\CCCCCC. The Labute approximate surface area is 592 Å². The number of unbranched alkanes of at least 4 members (excludes halogenated alkanes) is 19. The molecule has 19 heteroatoms. The van der Waals surface area contributed by atoms with Gasteiger partial charge in [0.15, 0.2) is 12.2 Å². The summed E-state index contributed by atoms with van der Waals surface area (Å²) in [5, 5.41) is 10.6. The Morgan fingerprint density at radius 2 is 0.571 bits per heavy atom. The Bertz CT molecular complexity index is 2430. The lowest BCUT2D eigenvalue weighted by molar-refractivity contribution is -0.161. The fourth-order valence-corrected chi connectivity index (χ4v) is 10.8. The summed E-state index contributed by atoms with van der Waals surface area (Å²) >= 11 is 0. The Hall–Kier alpha value is -5.06. The Morgan fingerprint density at radius 1 is 0.306 bits per heavy atom. The highest BCUT2D eigenvalue weighted by Crippen LogP contribution is 2.45. The smallest absolute Gasteiger partial charge is 0.462 e. The van der Waals surface area contributed by atoms with Crippen LogP contribution in [-0.4, -0.2) is 96.7 Å². The molecule has 5 atom stereocenters. The summed E-state index contributed by atoms with van der Waals surface area (Å²) in [5.74, 6) is -2.38. The molecule has 0 aromatic carbocycles. The van der Waals surface area contributed by atoms with E-state index in [0.717, 1.165) is 167 Å². The molecule has 558 valence electrons. The van der Waals surface area contributed by atoms with Crippen LogP contribution in [0.15, 0.2) is 146 Å². The zero-order chi connectivity index (χ0) is 71.8. The number of esters is 4. The van der Waals surface area contributed by atoms with Gasteiger partial charge in [-0.3, -0.25) is 37.3 Å². The summed E-state index contributed by atoms with van der Waals surface area (Å²) in [6.07, 6.45) is 78.8. The fraction of sp³-hybridized carbons (Fsp3) is 0.646. The Morgan fingerprint density at radius 3 is 0.918 bits per heavy atom. The summed E-state index contributed by atoms with van der Waals surface area (Å²) in [4.78, 5) is 72.7. The van der Waals surface area contributed by atoms with E-state index in [2.05, 4.69) is 149 Å². The number of ether oxygens (including phenoxy) is 4. The second-order valence-electron chi connectivity index (χ2n) is 24.1. The van der Waals surface area contributed by atoms with Crippen molar-refractivity contribution >= 4 is 39.5 Å². The highest BCUT2D eigenvalue weighted by molar-refractivity contribution is 7.47. The largest absolute Gasteiger partial charge is 0.472 e. The minimum absolute atomic E-state index is 0.0611.